The van der Waals surface area contributed by atoms with E-state index in [9.17, 15) is 43.2 Å². The fraction of sp³-hybridized carbons (Fsp3) is 0.308. The molecule has 3 aliphatic rings. The molecular weight excluding hydrogens is 1170 g/mol. The van der Waals surface area contributed by atoms with Crippen LogP contribution in [0.2, 0.25) is 0 Å². The third kappa shape index (κ3) is 21.8. The summed E-state index contributed by atoms with van der Waals surface area (Å²) < 4.78 is 35.0. The number of benzene rings is 6. The van der Waals surface area contributed by atoms with Crippen molar-refractivity contribution >= 4 is 121 Å². The Labute approximate surface area is 517 Å². The molecular formula is C65H72N6O19. The Balaban J connectivity index is 0.000000193. The van der Waals surface area contributed by atoms with Gasteiger partial charge in [-0.3, -0.25) is 28.8 Å². The minimum atomic E-state index is -1.05. The van der Waals surface area contributed by atoms with Crippen molar-refractivity contribution in [3.05, 3.63) is 143 Å². The number of carboxylic acids is 3. The molecule has 0 aliphatic heterocycles. The molecule has 2 amide bonds. The van der Waals surface area contributed by atoms with Crippen LogP contribution in [0.1, 0.15) is 54.7 Å². The lowest BCUT2D eigenvalue weighted by molar-refractivity contribution is -0.149. The number of carbonyl (C=O) groups is 9. The molecule has 10 N–H and O–H groups in total. The molecule has 0 fully saturated rings. The second-order valence-corrected chi connectivity index (χ2v) is 19.4. The van der Waals surface area contributed by atoms with E-state index in [1.807, 2.05) is 72.8 Å². The van der Waals surface area contributed by atoms with Crippen LogP contribution in [0, 0.1) is 0 Å². The molecule has 25 heteroatoms. The van der Waals surface area contributed by atoms with Crippen molar-refractivity contribution in [1.82, 2.24) is 10.6 Å². The van der Waals surface area contributed by atoms with E-state index in [2.05, 4.69) is 26.6 Å². The number of nitrogens with two attached hydrogens (primary N) is 1. The summed E-state index contributed by atoms with van der Waals surface area (Å²) in [6.45, 7) is 5.65. The lowest BCUT2D eigenvalue weighted by atomic mass is 9.91. The SMILES string of the molecule is CCOC(=O)COCCOCCOCCOCCN.O=C(O)CNc1ccc2cccc3c2c1C(=O)C=C3.O=C(O)COCCNC(=O)CNc1ccc2cccc3c2c1C(=O)C=C3.O=C(O)COCCNC(=O)CNc1ccc2cccc3c2c1C(=O)C=C3. The number of ketones is 3. The number of carbonyl (C=O) groups excluding carboxylic acids is 6. The summed E-state index contributed by atoms with van der Waals surface area (Å²) in [6, 6.07) is 28.5. The number of anilines is 3. The van der Waals surface area contributed by atoms with Crippen LogP contribution in [-0.4, -0.2) is 194 Å². The molecule has 0 spiro atoms. The van der Waals surface area contributed by atoms with Gasteiger partial charge < -0.3 is 80.8 Å². The van der Waals surface area contributed by atoms with Gasteiger partial charge in [0.25, 0.3) is 0 Å². The van der Waals surface area contributed by atoms with E-state index in [-0.39, 0.29) is 87.7 Å². The zero-order valence-electron chi connectivity index (χ0n) is 49.5. The summed E-state index contributed by atoms with van der Waals surface area (Å²) in [4.78, 5) is 103. The first-order valence-corrected chi connectivity index (χ1v) is 28.7. The van der Waals surface area contributed by atoms with Crippen LogP contribution in [0.15, 0.2) is 109 Å². The molecule has 476 valence electrons. The summed E-state index contributed by atoms with van der Waals surface area (Å²) in [5.41, 5.74) is 11.7. The highest BCUT2D eigenvalue weighted by Crippen LogP contribution is 2.36. The van der Waals surface area contributed by atoms with Crippen LogP contribution in [0.3, 0.4) is 0 Å². The third-order valence-corrected chi connectivity index (χ3v) is 13.0. The molecule has 0 unspecified atom stereocenters. The Morgan fingerprint density at radius 3 is 1.12 bits per heavy atom. The van der Waals surface area contributed by atoms with Gasteiger partial charge in [0.1, 0.15) is 26.4 Å². The molecule has 90 heavy (non-hydrogen) atoms. The van der Waals surface area contributed by atoms with Crippen molar-refractivity contribution in [2.24, 2.45) is 5.73 Å². The topological polar surface area (TPSA) is 365 Å². The van der Waals surface area contributed by atoms with Crippen molar-refractivity contribution < 1.29 is 91.6 Å². The van der Waals surface area contributed by atoms with Crippen molar-refractivity contribution in [1.29, 1.82) is 0 Å². The molecule has 0 heterocycles. The first kappa shape index (κ1) is 69.4. The van der Waals surface area contributed by atoms with Gasteiger partial charge in [0.15, 0.2) is 17.3 Å². The van der Waals surface area contributed by atoms with Crippen LogP contribution in [-0.2, 0) is 61.9 Å². The molecule has 0 aromatic heterocycles. The number of esters is 1. The number of aliphatic carboxylic acids is 3. The van der Waals surface area contributed by atoms with Crippen LogP contribution in [0.5, 0.6) is 0 Å². The Kier molecular flexibility index (Phi) is 28.7. The Morgan fingerprint density at radius 1 is 0.411 bits per heavy atom. The molecule has 0 saturated carbocycles. The highest BCUT2D eigenvalue weighted by molar-refractivity contribution is 6.25. The molecule has 3 aliphatic carbocycles. The summed E-state index contributed by atoms with van der Waals surface area (Å²) in [5.74, 6) is -4.27. The number of allylic oxidation sites excluding steroid dienone is 3. The van der Waals surface area contributed by atoms with Crippen molar-refractivity contribution in [2.45, 2.75) is 6.92 Å². The van der Waals surface area contributed by atoms with E-state index in [0.29, 0.717) is 93.2 Å². The van der Waals surface area contributed by atoms with Gasteiger partial charge in [-0.05, 0) is 76.2 Å². The molecule has 6 aromatic carbocycles. The second kappa shape index (κ2) is 37.2. The van der Waals surface area contributed by atoms with E-state index in [1.54, 1.807) is 43.4 Å². The van der Waals surface area contributed by atoms with Gasteiger partial charge in [-0.25, -0.2) is 14.4 Å². The maximum Gasteiger partial charge on any atom is 0.332 e. The Bertz CT molecular complexity index is 3470. The molecule has 0 bridgehead atoms. The number of rotatable bonds is 33. The van der Waals surface area contributed by atoms with Gasteiger partial charge in [-0.2, -0.15) is 0 Å². The average Bonchev–Trinajstić information content (AvgIpc) is 0.804. The van der Waals surface area contributed by atoms with Gasteiger partial charge in [0, 0.05) is 52.9 Å². The number of amides is 2. The van der Waals surface area contributed by atoms with Crippen LogP contribution < -0.4 is 32.3 Å². The molecule has 6 aromatic rings. The summed E-state index contributed by atoms with van der Waals surface area (Å²) in [7, 11) is 0. The Hall–Kier alpha value is -9.73. The van der Waals surface area contributed by atoms with E-state index in [4.69, 9.17) is 54.2 Å². The largest absolute Gasteiger partial charge is 0.480 e. The molecule has 0 saturated heterocycles. The van der Waals surface area contributed by atoms with Gasteiger partial charge in [-0.15, -0.1) is 0 Å². The van der Waals surface area contributed by atoms with Crippen LogP contribution in [0.25, 0.3) is 50.5 Å². The maximum atomic E-state index is 12.3. The molecule has 25 nitrogen and oxygen atoms in total. The number of hydrogen-bond acceptors (Lipinski definition) is 20. The molecule has 0 atom stereocenters. The first-order valence-electron chi connectivity index (χ1n) is 28.7. The van der Waals surface area contributed by atoms with Crippen molar-refractivity contribution in [3.8, 4) is 0 Å². The predicted octanol–water partition coefficient (Wildman–Crippen LogP) is 5.48. The van der Waals surface area contributed by atoms with Gasteiger partial charge in [0.2, 0.25) is 11.8 Å². The predicted molar refractivity (Wildman–Crippen MR) is 337 cm³/mol. The number of ether oxygens (including phenoxy) is 7. The van der Waals surface area contributed by atoms with Gasteiger partial charge in [0.05, 0.1) is 95.8 Å². The highest BCUT2D eigenvalue weighted by Gasteiger charge is 2.22. The quantitative estimate of drug-likeness (QED) is 0.0182. The smallest absolute Gasteiger partial charge is 0.332 e. The summed E-state index contributed by atoms with van der Waals surface area (Å²) in [6.07, 6.45) is 9.96. The number of nitrogens with one attached hydrogen (secondary N) is 5. The van der Waals surface area contributed by atoms with E-state index in [0.717, 1.165) is 49.0 Å². The monoisotopic (exact) mass is 1240 g/mol. The average molecular weight is 1240 g/mol. The third-order valence-electron chi connectivity index (χ3n) is 13.0. The molecule has 9 rings (SSSR count). The normalized spacial score (nSPS) is 12.0. The van der Waals surface area contributed by atoms with E-state index < -0.39 is 31.1 Å². The van der Waals surface area contributed by atoms with Crippen molar-refractivity contribution in [2.75, 3.05) is 141 Å². The first-order chi connectivity index (χ1) is 43.6. The fourth-order valence-electron chi connectivity index (χ4n) is 9.19. The standard InChI is InChI=1S/2C19H18N2O5.C15H11NO3.C12H25NO6/c2*22-15-7-5-13-3-1-2-12-4-6-14(19(15)18(12)13)21-10-16(23)20-8-9-26-11-17(24)25;17-12-7-5-10-3-1-2-9-4-6-11(15(12)14(9)10)16-8-13(18)19;1-2-19-12(14)11-18-10-9-17-8-7-16-6-5-15-4-3-13/h2*1-7,21H,8-11H2,(H,20,23)(H,24,25);1-7,16H,8H2,(H,18,19);2-11,13H2,1H3. The zero-order valence-corrected chi connectivity index (χ0v) is 49.5. The minimum Gasteiger partial charge on any atom is -0.480 e. The van der Waals surface area contributed by atoms with Gasteiger partial charge >= 0.3 is 23.9 Å². The Morgan fingerprint density at radius 2 is 0.767 bits per heavy atom. The number of hydrogen-bond donors (Lipinski definition) is 9. The van der Waals surface area contributed by atoms with E-state index >= 15 is 0 Å². The van der Waals surface area contributed by atoms with Gasteiger partial charge in [-0.1, -0.05) is 91.0 Å². The second-order valence-electron chi connectivity index (χ2n) is 19.4. The lowest BCUT2D eigenvalue weighted by Crippen LogP contribution is -2.33. The maximum absolute atomic E-state index is 12.3. The van der Waals surface area contributed by atoms with Crippen molar-refractivity contribution in [3.63, 3.8) is 0 Å². The minimum absolute atomic E-state index is 0.00337. The zero-order chi connectivity index (χ0) is 64.6. The summed E-state index contributed by atoms with van der Waals surface area (Å²) >= 11 is 0. The highest BCUT2D eigenvalue weighted by atomic mass is 16.6. The number of carboxylic acid groups (broad SMARTS) is 3. The fourth-order valence-corrected chi connectivity index (χ4v) is 9.19. The van der Waals surface area contributed by atoms with E-state index in [1.165, 1.54) is 18.2 Å². The summed E-state index contributed by atoms with van der Waals surface area (Å²) in [5, 5.41) is 45.2. The van der Waals surface area contributed by atoms with Crippen LogP contribution in [0.4, 0.5) is 17.1 Å². The lowest BCUT2D eigenvalue weighted by Gasteiger charge is -2.17. The van der Waals surface area contributed by atoms with Crippen LogP contribution >= 0.6 is 0 Å². The molecule has 0 radical (unpaired) electrons.